The van der Waals surface area contributed by atoms with Crippen LogP contribution >= 0.6 is 0 Å². The van der Waals surface area contributed by atoms with Gasteiger partial charge in [0.25, 0.3) is 0 Å². The molecule has 1 nitrogen and oxygen atoms in total. The molecule has 0 bridgehead atoms. The number of rotatable bonds is 0. The molecule has 0 unspecified atom stereocenters. The van der Waals surface area contributed by atoms with Crippen LogP contribution in [0.25, 0.3) is 49.7 Å². The Hall–Kier alpha value is -3.32. The van der Waals surface area contributed by atoms with Crippen LogP contribution in [0.2, 0.25) is 0 Å². The summed E-state index contributed by atoms with van der Waals surface area (Å²) in [7, 11) is 0. The van der Waals surface area contributed by atoms with E-state index in [1.54, 1.807) is 0 Å². The van der Waals surface area contributed by atoms with E-state index in [0.29, 0.717) is 0 Å². The van der Waals surface area contributed by atoms with Gasteiger partial charge in [0, 0.05) is 21.6 Å². The summed E-state index contributed by atoms with van der Waals surface area (Å²) in [5.74, 6) is 0. The van der Waals surface area contributed by atoms with Gasteiger partial charge in [-0.2, -0.15) is 0 Å². The summed E-state index contributed by atoms with van der Waals surface area (Å²) in [6.45, 7) is 9.52. The molecule has 0 saturated heterocycles. The first-order valence-electron chi connectivity index (χ1n) is 11.3. The quantitative estimate of drug-likeness (QED) is 0.247. The Morgan fingerprint density at radius 3 is 1.94 bits per heavy atom. The van der Waals surface area contributed by atoms with E-state index in [1.165, 1.54) is 72.0 Å². The number of aromatic nitrogens is 1. The number of fused-ring (bicyclic) bond motifs is 11. The van der Waals surface area contributed by atoms with Gasteiger partial charge in [0.2, 0.25) is 0 Å². The normalized spacial score (nSPS) is 17.5. The molecule has 3 aliphatic rings. The van der Waals surface area contributed by atoms with Gasteiger partial charge < -0.3 is 4.57 Å². The van der Waals surface area contributed by atoms with Crippen molar-refractivity contribution in [1.29, 1.82) is 0 Å². The monoisotopic (exact) mass is 397 g/mol. The maximum Gasteiger partial charge on any atom is 0.0787 e. The number of benzene rings is 4. The number of hydrogen-bond acceptors (Lipinski definition) is 0. The van der Waals surface area contributed by atoms with Gasteiger partial charge in [-0.25, -0.2) is 0 Å². The van der Waals surface area contributed by atoms with E-state index in [-0.39, 0.29) is 10.8 Å². The number of nitrogens with zero attached hydrogens (tertiary/aromatic N) is 1. The highest BCUT2D eigenvalue weighted by atomic mass is 15.1. The third kappa shape index (κ3) is 1.60. The fourth-order valence-corrected chi connectivity index (χ4v) is 6.88. The minimum atomic E-state index is 0.0428. The minimum absolute atomic E-state index is 0.0428. The van der Waals surface area contributed by atoms with Gasteiger partial charge in [-0.1, -0.05) is 76.2 Å². The second kappa shape index (κ2) is 4.62. The molecule has 148 valence electrons. The molecule has 1 aromatic heterocycles. The van der Waals surface area contributed by atoms with Crippen LogP contribution in [0.15, 0.2) is 66.7 Å². The van der Waals surface area contributed by atoms with Crippen LogP contribution in [0.4, 0.5) is 0 Å². The summed E-state index contributed by atoms with van der Waals surface area (Å²) >= 11 is 0. The van der Waals surface area contributed by atoms with E-state index >= 15 is 0 Å². The third-order valence-corrected chi connectivity index (χ3v) is 8.42. The molecule has 2 heterocycles. The summed E-state index contributed by atoms with van der Waals surface area (Å²) in [5.41, 5.74) is 15.9. The maximum atomic E-state index is 2.54. The first kappa shape index (κ1) is 16.4. The van der Waals surface area contributed by atoms with E-state index in [4.69, 9.17) is 0 Å². The summed E-state index contributed by atoms with van der Waals surface area (Å²) < 4.78 is 2.54. The van der Waals surface area contributed by atoms with Crippen molar-refractivity contribution < 1.29 is 0 Å². The highest BCUT2D eigenvalue weighted by molar-refractivity contribution is 6.23. The standard InChI is InChI=1S/C30H23N/c1-29(2)22-11-7-5-9-16(22)18-13-19-21-14-20-17-10-6-8-12-23(17)30(3,4)26(20)28-27(21)31(28)25(19)15-24(18)29/h5-15H,1-4H3. The Balaban J connectivity index is 1.49. The van der Waals surface area contributed by atoms with Crippen molar-refractivity contribution in [2.24, 2.45) is 0 Å². The van der Waals surface area contributed by atoms with E-state index in [1.807, 2.05) is 0 Å². The Bertz CT molecular complexity index is 1670. The molecule has 0 fully saturated rings. The van der Waals surface area contributed by atoms with Gasteiger partial charge >= 0.3 is 0 Å². The molecule has 2 aliphatic carbocycles. The van der Waals surface area contributed by atoms with Gasteiger partial charge in [0.1, 0.15) is 0 Å². The van der Waals surface area contributed by atoms with Crippen molar-refractivity contribution in [3.05, 3.63) is 89.0 Å². The van der Waals surface area contributed by atoms with Gasteiger partial charge in [-0.3, -0.25) is 0 Å². The molecule has 0 saturated carbocycles. The van der Waals surface area contributed by atoms with Crippen molar-refractivity contribution in [1.82, 2.24) is 4.57 Å². The zero-order valence-electron chi connectivity index (χ0n) is 18.3. The van der Waals surface area contributed by atoms with E-state index in [0.717, 1.165) is 0 Å². The second-order valence-electron chi connectivity index (χ2n) is 10.6. The van der Waals surface area contributed by atoms with E-state index in [9.17, 15) is 0 Å². The molecule has 5 aromatic rings. The predicted molar refractivity (Wildman–Crippen MR) is 129 cm³/mol. The van der Waals surface area contributed by atoms with Crippen LogP contribution in [-0.4, -0.2) is 4.57 Å². The Labute approximate surface area is 182 Å². The first-order valence-corrected chi connectivity index (χ1v) is 11.3. The van der Waals surface area contributed by atoms with Gasteiger partial charge in [0.15, 0.2) is 0 Å². The Morgan fingerprint density at radius 2 is 1.19 bits per heavy atom. The van der Waals surface area contributed by atoms with Crippen LogP contribution in [0.5, 0.6) is 0 Å². The lowest BCUT2D eigenvalue weighted by Gasteiger charge is -2.22. The molecule has 0 amide bonds. The van der Waals surface area contributed by atoms with Crippen molar-refractivity contribution in [3.63, 3.8) is 0 Å². The highest BCUT2D eigenvalue weighted by Gasteiger charge is 2.45. The van der Waals surface area contributed by atoms with Crippen molar-refractivity contribution in [2.45, 2.75) is 38.5 Å². The van der Waals surface area contributed by atoms with Crippen LogP contribution in [0, 0.1) is 0 Å². The SMILES string of the molecule is CC1(C)c2ccccc2-c2cc3c4cc5c(c6c4n-6c3cc21)C(C)(C)c1ccccc1-5. The lowest BCUT2D eigenvalue weighted by atomic mass is 9.81. The van der Waals surface area contributed by atoms with Crippen LogP contribution < -0.4 is 0 Å². The Kier molecular flexibility index (Phi) is 2.44. The average Bonchev–Trinajstić information content (AvgIpc) is 3.27. The molecule has 1 heteroatoms. The van der Waals surface area contributed by atoms with Gasteiger partial charge in [-0.15, -0.1) is 0 Å². The molecule has 31 heavy (non-hydrogen) atoms. The van der Waals surface area contributed by atoms with Crippen molar-refractivity contribution in [3.8, 4) is 27.9 Å². The molecule has 4 aromatic carbocycles. The zero-order valence-corrected chi connectivity index (χ0v) is 18.3. The predicted octanol–water partition coefficient (Wildman–Crippen LogP) is 7.71. The highest BCUT2D eigenvalue weighted by Crippen LogP contribution is 2.60. The van der Waals surface area contributed by atoms with Crippen LogP contribution in [0.3, 0.4) is 0 Å². The van der Waals surface area contributed by atoms with Gasteiger partial charge in [-0.05, 0) is 62.7 Å². The molecule has 0 N–H and O–H groups in total. The molecule has 0 radical (unpaired) electrons. The number of hydrogen-bond donors (Lipinski definition) is 0. The summed E-state index contributed by atoms with van der Waals surface area (Å²) in [6, 6.07) is 25.4. The van der Waals surface area contributed by atoms with E-state index in [2.05, 4.69) is 99.0 Å². The fourth-order valence-electron chi connectivity index (χ4n) is 6.88. The molecular weight excluding hydrogens is 374 g/mol. The largest absolute Gasteiger partial charge is 0.305 e. The van der Waals surface area contributed by atoms with Crippen molar-refractivity contribution in [2.75, 3.05) is 0 Å². The van der Waals surface area contributed by atoms with Crippen molar-refractivity contribution >= 4 is 21.8 Å². The fraction of sp³-hybridized carbons (Fsp3) is 0.200. The molecule has 0 spiro atoms. The lowest BCUT2D eigenvalue weighted by molar-refractivity contribution is 0.659. The summed E-state index contributed by atoms with van der Waals surface area (Å²) in [5, 5.41) is 2.82. The van der Waals surface area contributed by atoms with Crippen LogP contribution in [-0.2, 0) is 10.8 Å². The molecular formula is C30H23N. The minimum Gasteiger partial charge on any atom is -0.305 e. The summed E-state index contributed by atoms with van der Waals surface area (Å²) in [4.78, 5) is 0. The summed E-state index contributed by atoms with van der Waals surface area (Å²) in [6.07, 6.45) is 0. The first-order chi connectivity index (χ1) is 14.9. The van der Waals surface area contributed by atoms with Gasteiger partial charge in [0.05, 0.1) is 16.7 Å². The lowest BCUT2D eigenvalue weighted by Crippen LogP contribution is -2.15. The molecule has 8 rings (SSSR count). The second-order valence-corrected chi connectivity index (χ2v) is 10.6. The molecule has 1 aliphatic heterocycles. The zero-order chi connectivity index (χ0) is 20.9. The molecule has 0 atom stereocenters. The third-order valence-electron chi connectivity index (χ3n) is 8.42. The Morgan fingerprint density at radius 1 is 0.581 bits per heavy atom. The maximum absolute atomic E-state index is 2.54. The topological polar surface area (TPSA) is 4.93 Å². The van der Waals surface area contributed by atoms with Crippen LogP contribution in [0.1, 0.15) is 49.9 Å². The number of pyridine rings is 1. The van der Waals surface area contributed by atoms with E-state index < -0.39 is 0 Å². The smallest absolute Gasteiger partial charge is 0.0787 e. The average molecular weight is 398 g/mol.